The Bertz CT molecular complexity index is 191. The second-order valence-electron chi connectivity index (χ2n) is 4.34. The molecule has 0 saturated heterocycles. The molecule has 96 valence electrons. The van der Waals surface area contributed by atoms with Crippen molar-refractivity contribution in [3.8, 4) is 0 Å². The molecule has 0 aliphatic rings. The zero-order valence-corrected chi connectivity index (χ0v) is 11.1. The lowest BCUT2D eigenvalue weighted by Crippen LogP contribution is -2.38. The summed E-state index contributed by atoms with van der Waals surface area (Å²) < 4.78 is 0. The lowest BCUT2D eigenvalue weighted by atomic mass is 10.2. The van der Waals surface area contributed by atoms with E-state index in [2.05, 4.69) is 18.7 Å². The highest BCUT2D eigenvalue weighted by molar-refractivity contribution is 5.69. The minimum absolute atomic E-state index is 0.149. The molecule has 0 aliphatic heterocycles. The van der Waals surface area contributed by atoms with Gasteiger partial charge in [-0.25, -0.2) is 0 Å². The first-order valence-corrected chi connectivity index (χ1v) is 6.19. The second kappa shape index (κ2) is 8.53. The van der Waals surface area contributed by atoms with Crippen molar-refractivity contribution in [2.24, 2.45) is 0 Å². The van der Waals surface area contributed by atoms with Crippen molar-refractivity contribution < 1.29 is 9.90 Å². The Morgan fingerprint density at radius 3 is 2.12 bits per heavy atom. The number of hydrogen-bond donors (Lipinski definition) is 1. The molecule has 0 saturated carbocycles. The van der Waals surface area contributed by atoms with Gasteiger partial charge in [0.15, 0.2) is 0 Å². The fraction of sp³-hybridized carbons (Fsp3) is 0.917. The molecule has 0 spiro atoms. The maximum Gasteiger partial charge on any atom is 0.317 e. The van der Waals surface area contributed by atoms with Gasteiger partial charge in [-0.1, -0.05) is 13.8 Å². The van der Waals surface area contributed by atoms with Gasteiger partial charge in [-0.2, -0.15) is 0 Å². The topological polar surface area (TPSA) is 43.8 Å². The van der Waals surface area contributed by atoms with E-state index in [-0.39, 0.29) is 6.54 Å². The summed E-state index contributed by atoms with van der Waals surface area (Å²) in [7, 11) is 0. The molecule has 0 unspecified atom stereocenters. The zero-order valence-electron chi connectivity index (χ0n) is 11.1. The summed E-state index contributed by atoms with van der Waals surface area (Å²) in [6, 6.07) is 0.299. The van der Waals surface area contributed by atoms with Gasteiger partial charge in [-0.15, -0.1) is 0 Å². The third-order valence-corrected chi connectivity index (χ3v) is 2.88. The Balaban J connectivity index is 3.88. The fourth-order valence-corrected chi connectivity index (χ4v) is 1.73. The van der Waals surface area contributed by atoms with Gasteiger partial charge in [-0.05, 0) is 39.9 Å². The highest BCUT2D eigenvalue weighted by atomic mass is 16.4. The van der Waals surface area contributed by atoms with Crippen molar-refractivity contribution >= 4 is 5.97 Å². The van der Waals surface area contributed by atoms with Crippen molar-refractivity contribution in [1.82, 2.24) is 9.80 Å². The van der Waals surface area contributed by atoms with Crippen LogP contribution in [0.5, 0.6) is 0 Å². The van der Waals surface area contributed by atoms with E-state index in [0.29, 0.717) is 6.04 Å². The maximum absolute atomic E-state index is 10.7. The maximum atomic E-state index is 10.7. The van der Waals surface area contributed by atoms with Crippen LogP contribution in [0.4, 0.5) is 0 Å². The summed E-state index contributed by atoms with van der Waals surface area (Å²) in [5.74, 6) is -0.739. The molecule has 4 nitrogen and oxygen atoms in total. The average molecular weight is 230 g/mol. The molecule has 0 aromatic carbocycles. The predicted octanol–water partition coefficient (Wildman–Crippen LogP) is 1.51. The SMILES string of the molecule is CCN(CC)CCCN(CC(=O)O)C(C)C. The monoisotopic (exact) mass is 230 g/mol. The normalized spacial score (nSPS) is 11.7. The van der Waals surface area contributed by atoms with Crippen LogP contribution in [0.25, 0.3) is 0 Å². The number of rotatable bonds is 9. The van der Waals surface area contributed by atoms with Gasteiger partial charge in [-0.3, -0.25) is 9.69 Å². The molecule has 0 aromatic rings. The second-order valence-corrected chi connectivity index (χ2v) is 4.34. The highest BCUT2D eigenvalue weighted by Gasteiger charge is 2.12. The van der Waals surface area contributed by atoms with Crippen molar-refractivity contribution in [2.45, 2.75) is 40.2 Å². The summed E-state index contributed by atoms with van der Waals surface area (Å²) >= 11 is 0. The molecule has 0 bridgehead atoms. The summed E-state index contributed by atoms with van der Waals surface area (Å²) in [5.41, 5.74) is 0. The smallest absolute Gasteiger partial charge is 0.317 e. The fourth-order valence-electron chi connectivity index (χ4n) is 1.73. The summed E-state index contributed by atoms with van der Waals surface area (Å²) in [6.07, 6.45) is 1.03. The van der Waals surface area contributed by atoms with E-state index in [0.717, 1.165) is 32.6 Å². The number of nitrogens with zero attached hydrogens (tertiary/aromatic N) is 2. The first-order valence-electron chi connectivity index (χ1n) is 6.19. The van der Waals surface area contributed by atoms with Crippen LogP contribution in [0.2, 0.25) is 0 Å². The Morgan fingerprint density at radius 2 is 1.75 bits per heavy atom. The molecule has 0 atom stereocenters. The van der Waals surface area contributed by atoms with Gasteiger partial charge in [0, 0.05) is 12.6 Å². The van der Waals surface area contributed by atoms with E-state index in [1.807, 2.05) is 18.7 Å². The average Bonchev–Trinajstić information content (AvgIpc) is 2.22. The van der Waals surface area contributed by atoms with Crippen LogP contribution in [0.3, 0.4) is 0 Å². The number of carboxylic acid groups (broad SMARTS) is 1. The number of carboxylic acids is 1. The van der Waals surface area contributed by atoms with Gasteiger partial charge in [0.25, 0.3) is 0 Å². The summed E-state index contributed by atoms with van der Waals surface area (Å²) in [6.45, 7) is 12.6. The van der Waals surface area contributed by atoms with Crippen LogP contribution in [-0.2, 0) is 4.79 Å². The van der Waals surface area contributed by atoms with Crippen LogP contribution < -0.4 is 0 Å². The molecule has 4 heteroatoms. The first-order chi connectivity index (χ1) is 7.51. The van der Waals surface area contributed by atoms with E-state index in [4.69, 9.17) is 5.11 Å². The molecule has 0 aliphatic carbocycles. The van der Waals surface area contributed by atoms with Gasteiger partial charge in [0.2, 0.25) is 0 Å². The summed E-state index contributed by atoms with van der Waals surface area (Å²) in [4.78, 5) is 15.0. The number of carbonyl (C=O) groups is 1. The van der Waals surface area contributed by atoms with Gasteiger partial charge >= 0.3 is 5.97 Å². The van der Waals surface area contributed by atoms with E-state index in [1.54, 1.807) is 0 Å². The molecule has 16 heavy (non-hydrogen) atoms. The predicted molar refractivity (Wildman–Crippen MR) is 66.7 cm³/mol. The third kappa shape index (κ3) is 6.80. The Morgan fingerprint density at radius 1 is 1.19 bits per heavy atom. The molecular formula is C12H26N2O2. The Hall–Kier alpha value is -0.610. The van der Waals surface area contributed by atoms with Crippen LogP contribution >= 0.6 is 0 Å². The molecule has 0 heterocycles. The molecule has 1 N–H and O–H groups in total. The Kier molecular flexibility index (Phi) is 8.21. The van der Waals surface area contributed by atoms with E-state index < -0.39 is 5.97 Å². The zero-order chi connectivity index (χ0) is 12.6. The van der Waals surface area contributed by atoms with E-state index in [1.165, 1.54) is 0 Å². The standard InChI is InChI=1S/C12H26N2O2/c1-5-13(6-2)8-7-9-14(11(3)4)10-12(15)16/h11H,5-10H2,1-4H3,(H,15,16). The van der Waals surface area contributed by atoms with Crippen molar-refractivity contribution in [3.63, 3.8) is 0 Å². The van der Waals surface area contributed by atoms with Crippen LogP contribution in [0.1, 0.15) is 34.1 Å². The molecule has 0 aromatic heterocycles. The molecular weight excluding hydrogens is 204 g/mol. The largest absolute Gasteiger partial charge is 0.480 e. The van der Waals surface area contributed by atoms with Gasteiger partial charge in [0.1, 0.15) is 0 Å². The molecule has 0 rings (SSSR count). The quantitative estimate of drug-likeness (QED) is 0.652. The van der Waals surface area contributed by atoms with Gasteiger partial charge < -0.3 is 10.0 Å². The van der Waals surface area contributed by atoms with Gasteiger partial charge in [0.05, 0.1) is 6.54 Å². The Labute approximate surface area is 99.2 Å². The third-order valence-electron chi connectivity index (χ3n) is 2.88. The van der Waals surface area contributed by atoms with Crippen LogP contribution in [0.15, 0.2) is 0 Å². The number of hydrogen-bond acceptors (Lipinski definition) is 3. The number of aliphatic carboxylic acids is 1. The summed E-state index contributed by atoms with van der Waals surface area (Å²) in [5, 5.41) is 8.78. The van der Waals surface area contributed by atoms with E-state index >= 15 is 0 Å². The minimum atomic E-state index is -0.739. The van der Waals surface area contributed by atoms with E-state index in [9.17, 15) is 4.79 Å². The van der Waals surface area contributed by atoms with Crippen molar-refractivity contribution in [3.05, 3.63) is 0 Å². The van der Waals surface area contributed by atoms with Crippen molar-refractivity contribution in [1.29, 1.82) is 0 Å². The first kappa shape index (κ1) is 15.4. The molecule has 0 radical (unpaired) electrons. The lowest BCUT2D eigenvalue weighted by molar-refractivity contribution is -0.138. The van der Waals surface area contributed by atoms with Crippen LogP contribution in [-0.4, -0.2) is 59.6 Å². The highest BCUT2D eigenvalue weighted by Crippen LogP contribution is 2.00. The molecule has 0 fully saturated rings. The molecule has 0 amide bonds. The van der Waals surface area contributed by atoms with Crippen molar-refractivity contribution in [2.75, 3.05) is 32.7 Å². The lowest BCUT2D eigenvalue weighted by Gasteiger charge is -2.26. The minimum Gasteiger partial charge on any atom is -0.480 e. The van der Waals surface area contributed by atoms with Crippen LogP contribution in [0, 0.1) is 0 Å².